The van der Waals surface area contributed by atoms with E-state index in [4.69, 9.17) is 10.2 Å². The van der Waals surface area contributed by atoms with Gasteiger partial charge in [-0.05, 0) is 36.1 Å². The number of benzene rings is 1. The fraction of sp³-hybridized carbons (Fsp3) is 0.143. The molecule has 0 aliphatic rings. The second-order valence-electron chi connectivity index (χ2n) is 3.76. The van der Waals surface area contributed by atoms with Crippen molar-refractivity contribution in [3.63, 3.8) is 0 Å². The average Bonchev–Trinajstić information content (AvgIpc) is 2.30. The Labute approximate surface area is 105 Å². The fourth-order valence-corrected chi connectivity index (χ4v) is 1.73. The van der Waals surface area contributed by atoms with Gasteiger partial charge in [0.15, 0.2) is 0 Å². The van der Waals surface area contributed by atoms with E-state index in [0.29, 0.717) is 12.8 Å². The minimum absolute atomic E-state index is 0.202. The van der Waals surface area contributed by atoms with E-state index < -0.39 is 11.9 Å². The van der Waals surface area contributed by atoms with Crippen LogP contribution in [0.4, 0.5) is 0 Å². The van der Waals surface area contributed by atoms with Crippen LogP contribution in [-0.4, -0.2) is 22.2 Å². The summed E-state index contributed by atoms with van der Waals surface area (Å²) in [4.78, 5) is 22.1. The third kappa shape index (κ3) is 2.85. The Hall–Kier alpha value is -2.36. The quantitative estimate of drug-likeness (QED) is 0.756. The van der Waals surface area contributed by atoms with E-state index in [2.05, 4.69) is 13.2 Å². The topological polar surface area (TPSA) is 74.6 Å². The highest BCUT2D eigenvalue weighted by molar-refractivity contribution is 6.02. The van der Waals surface area contributed by atoms with E-state index in [1.807, 2.05) is 0 Å². The summed E-state index contributed by atoms with van der Waals surface area (Å²) in [6.45, 7) is 7.20. The lowest BCUT2D eigenvalue weighted by Gasteiger charge is -2.10. The van der Waals surface area contributed by atoms with Crippen LogP contribution in [0.3, 0.4) is 0 Å². The molecule has 1 aromatic rings. The molecule has 0 amide bonds. The van der Waals surface area contributed by atoms with Gasteiger partial charge in [-0.3, -0.25) is 0 Å². The highest BCUT2D eigenvalue weighted by Gasteiger charge is 2.18. The Bertz CT molecular complexity index is 468. The molecule has 0 aromatic heterocycles. The highest BCUT2D eigenvalue weighted by atomic mass is 16.4. The maximum atomic E-state index is 11.0. The van der Waals surface area contributed by atoms with Gasteiger partial charge in [-0.25, -0.2) is 9.59 Å². The van der Waals surface area contributed by atoms with Crippen molar-refractivity contribution in [1.29, 1.82) is 0 Å². The standard InChI is InChI=1S/C14H14O4/c1-3-5-9-7-11(13(15)16)12(14(17)18)8-10(9)6-4-2/h3-4,7-8H,1-2,5-6H2,(H,15,16)(H,17,18). The Balaban J connectivity index is 3.48. The molecule has 1 aromatic carbocycles. The Morgan fingerprint density at radius 1 is 0.944 bits per heavy atom. The summed E-state index contributed by atoms with van der Waals surface area (Å²) in [7, 11) is 0. The van der Waals surface area contributed by atoms with Crippen LogP contribution in [0.2, 0.25) is 0 Å². The van der Waals surface area contributed by atoms with Crippen molar-refractivity contribution in [3.05, 3.63) is 59.7 Å². The van der Waals surface area contributed by atoms with Crippen LogP contribution in [0.25, 0.3) is 0 Å². The summed E-state index contributed by atoms with van der Waals surface area (Å²) in [5.41, 5.74) is 1.11. The highest BCUT2D eigenvalue weighted by Crippen LogP contribution is 2.19. The number of aromatic carboxylic acids is 2. The van der Waals surface area contributed by atoms with Gasteiger partial charge in [0.2, 0.25) is 0 Å². The van der Waals surface area contributed by atoms with Gasteiger partial charge in [0.1, 0.15) is 0 Å². The number of allylic oxidation sites excluding steroid dienone is 2. The summed E-state index contributed by atoms with van der Waals surface area (Å²) in [5, 5.41) is 18.0. The summed E-state index contributed by atoms with van der Waals surface area (Å²) < 4.78 is 0. The van der Waals surface area contributed by atoms with Gasteiger partial charge >= 0.3 is 11.9 Å². The summed E-state index contributed by atoms with van der Waals surface area (Å²) in [6, 6.07) is 2.79. The van der Waals surface area contributed by atoms with Crippen molar-refractivity contribution in [2.24, 2.45) is 0 Å². The molecule has 4 heteroatoms. The maximum absolute atomic E-state index is 11.0. The first-order valence-corrected chi connectivity index (χ1v) is 5.35. The van der Waals surface area contributed by atoms with Crippen LogP contribution in [-0.2, 0) is 12.8 Å². The Morgan fingerprint density at radius 2 is 1.28 bits per heavy atom. The van der Waals surface area contributed by atoms with Crippen LogP contribution in [0.5, 0.6) is 0 Å². The lowest BCUT2D eigenvalue weighted by Crippen LogP contribution is -2.10. The monoisotopic (exact) mass is 246 g/mol. The van der Waals surface area contributed by atoms with Crippen molar-refractivity contribution in [1.82, 2.24) is 0 Å². The van der Waals surface area contributed by atoms with E-state index in [0.717, 1.165) is 11.1 Å². The molecule has 0 fully saturated rings. The number of hydrogen-bond donors (Lipinski definition) is 2. The number of carbonyl (C=O) groups is 2. The second kappa shape index (κ2) is 5.82. The predicted octanol–water partition coefficient (Wildman–Crippen LogP) is 2.54. The van der Waals surface area contributed by atoms with E-state index >= 15 is 0 Å². The van der Waals surface area contributed by atoms with E-state index in [-0.39, 0.29) is 11.1 Å². The minimum Gasteiger partial charge on any atom is -0.478 e. The van der Waals surface area contributed by atoms with Crippen molar-refractivity contribution in [2.75, 3.05) is 0 Å². The molecule has 4 nitrogen and oxygen atoms in total. The number of rotatable bonds is 6. The largest absolute Gasteiger partial charge is 0.478 e. The van der Waals surface area contributed by atoms with Gasteiger partial charge in [-0.1, -0.05) is 12.2 Å². The third-order valence-electron chi connectivity index (χ3n) is 2.53. The van der Waals surface area contributed by atoms with Gasteiger partial charge < -0.3 is 10.2 Å². The van der Waals surface area contributed by atoms with Crippen LogP contribution >= 0.6 is 0 Å². The van der Waals surface area contributed by atoms with E-state index in [1.54, 1.807) is 12.2 Å². The Kier molecular flexibility index (Phi) is 4.43. The lowest BCUT2D eigenvalue weighted by atomic mass is 9.94. The van der Waals surface area contributed by atoms with Crippen molar-refractivity contribution >= 4 is 11.9 Å². The molecule has 1 rings (SSSR count). The average molecular weight is 246 g/mol. The molecule has 0 saturated heterocycles. The van der Waals surface area contributed by atoms with Gasteiger partial charge in [0.05, 0.1) is 11.1 Å². The fourth-order valence-electron chi connectivity index (χ4n) is 1.73. The zero-order valence-electron chi connectivity index (χ0n) is 9.85. The predicted molar refractivity (Wildman–Crippen MR) is 68.2 cm³/mol. The van der Waals surface area contributed by atoms with Gasteiger partial charge in [0, 0.05) is 0 Å². The van der Waals surface area contributed by atoms with E-state index in [1.165, 1.54) is 12.1 Å². The molecule has 0 aliphatic heterocycles. The molecule has 0 spiro atoms. The zero-order chi connectivity index (χ0) is 13.7. The molecule has 0 unspecified atom stereocenters. The Morgan fingerprint density at radius 3 is 1.50 bits per heavy atom. The second-order valence-corrected chi connectivity index (χ2v) is 3.76. The normalized spacial score (nSPS) is 9.78. The van der Waals surface area contributed by atoms with Gasteiger partial charge in [0.25, 0.3) is 0 Å². The minimum atomic E-state index is -1.25. The maximum Gasteiger partial charge on any atom is 0.336 e. The first-order valence-electron chi connectivity index (χ1n) is 5.35. The molecule has 94 valence electrons. The number of carboxylic acid groups (broad SMARTS) is 2. The van der Waals surface area contributed by atoms with Crippen molar-refractivity contribution in [3.8, 4) is 0 Å². The zero-order valence-corrected chi connectivity index (χ0v) is 9.85. The summed E-state index contributed by atoms with van der Waals surface area (Å²) in [5.74, 6) is -2.49. The van der Waals surface area contributed by atoms with Crippen LogP contribution in [0.15, 0.2) is 37.4 Å². The smallest absolute Gasteiger partial charge is 0.336 e. The van der Waals surface area contributed by atoms with E-state index in [9.17, 15) is 9.59 Å². The van der Waals surface area contributed by atoms with Crippen LogP contribution < -0.4 is 0 Å². The number of hydrogen-bond acceptors (Lipinski definition) is 2. The molecular weight excluding hydrogens is 232 g/mol. The van der Waals surface area contributed by atoms with Crippen LogP contribution in [0, 0.1) is 0 Å². The third-order valence-corrected chi connectivity index (χ3v) is 2.53. The summed E-state index contributed by atoms with van der Waals surface area (Å²) in [6.07, 6.45) is 4.27. The molecule has 0 saturated carbocycles. The van der Waals surface area contributed by atoms with Crippen LogP contribution in [0.1, 0.15) is 31.8 Å². The molecule has 0 bridgehead atoms. The molecular formula is C14H14O4. The first kappa shape index (κ1) is 13.7. The SMILES string of the molecule is C=CCc1cc(C(=O)O)c(C(=O)O)cc1CC=C. The summed E-state index contributed by atoms with van der Waals surface area (Å²) >= 11 is 0. The number of carboxylic acids is 2. The van der Waals surface area contributed by atoms with Gasteiger partial charge in [-0.15, -0.1) is 13.2 Å². The molecule has 0 atom stereocenters. The first-order chi connectivity index (χ1) is 8.51. The molecule has 0 heterocycles. The molecule has 0 radical (unpaired) electrons. The molecule has 0 aliphatic carbocycles. The van der Waals surface area contributed by atoms with Crippen molar-refractivity contribution < 1.29 is 19.8 Å². The van der Waals surface area contributed by atoms with Gasteiger partial charge in [-0.2, -0.15) is 0 Å². The lowest BCUT2D eigenvalue weighted by molar-refractivity contribution is 0.0651. The molecule has 18 heavy (non-hydrogen) atoms. The van der Waals surface area contributed by atoms with Crippen molar-refractivity contribution in [2.45, 2.75) is 12.8 Å². The molecule has 2 N–H and O–H groups in total.